The minimum Gasteiger partial charge on any atom is -0.481 e. The van der Waals surface area contributed by atoms with Gasteiger partial charge in [-0.3, -0.25) is 19.0 Å². The van der Waals surface area contributed by atoms with Gasteiger partial charge in [0.25, 0.3) is 11.5 Å². The van der Waals surface area contributed by atoms with Gasteiger partial charge in [-0.1, -0.05) is 6.92 Å². The van der Waals surface area contributed by atoms with Crippen LogP contribution in [0.1, 0.15) is 30.6 Å². The second-order valence-electron chi connectivity index (χ2n) is 6.70. The number of amides is 1. The lowest BCUT2D eigenvalue weighted by Crippen LogP contribution is -2.45. The minimum atomic E-state index is -0.833. The molecule has 2 N–H and O–H groups in total. The fourth-order valence-corrected chi connectivity index (χ4v) is 3.55. The van der Waals surface area contributed by atoms with Crippen molar-refractivity contribution in [1.82, 2.24) is 14.5 Å². The van der Waals surface area contributed by atoms with Gasteiger partial charge in [-0.15, -0.1) is 0 Å². The van der Waals surface area contributed by atoms with Crippen molar-refractivity contribution in [3.8, 4) is 0 Å². The smallest absolute Gasteiger partial charge is 0.328 e. The monoisotopic (exact) mass is 359 g/mol. The van der Waals surface area contributed by atoms with Crippen LogP contribution in [0.4, 0.5) is 0 Å². The highest BCUT2D eigenvalue weighted by Crippen LogP contribution is 2.25. The molecule has 0 aliphatic carbocycles. The van der Waals surface area contributed by atoms with Crippen molar-refractivity contribution in [1.29, 1.82) is 0 Å². The van der Waals surface area contributed by atoms with Crippen molar-refractivity contribution < 1.29 is 14.7 Å². The van der Waals surface area contributed by atoms with E-state index in [-0.39, 0.29) is 23.9 Å². The molecule has 2 unspecified atom stereocenters. The average Bonchev–Trinajstić information content (AvgIpc) is 2.60. The maximum Gasteiger partial charge on any atom is 0.328 e. The summed E-state index contributed by atoms with van der Waals surface area (Å²) >= 11 is 0. The maximum absolute atomic E-state index is 12.8. The SMILES string of the molecule is CCn1c(=O)[nH]c2cc(C(=O)N3CCC(C(=O)O)C(C)C3)ccc2c1=O. The van der Waals surface area contributed by atoms with Gasteiger partial charge in [0.1, 0.15) is 0 Å². The molecule has 1 aliphatic heterocycles. The average molecular weight is 359 g/mol. The summed E-state index contributed by atoms with van der Waals surface area (Å²) in [6.45, 7) is 4.53. The van der Waals surface area contributed by atoms with Crippen molar-refractivity contribution in [3.05, 3.63) is 44.6 Å². The first-order valence-electron chi connectivity index (χ1n) is 8.62. The zero-order valence-corrected chi connectivity index (χ0v) is 14.7. The summed E-state index contributed by atoms with van der Waals surface area (Å²) in [5.41, 5.74) is -0.210. The summed E-state index contributed by atoms with van der Waals surface area (Å²) in [5, 5.41) is 9.54. The summed E-state index contributed by atoms with van der Waals surface area (Å²) in [6, 6.07) is 4.62. The van der Waals surface area contributed by atoms with Gasteiger partial charge in [-0.2, -0.15) is 0 Å². The third-order valence-electron chi connectivity index (χ3n) is 5.05. The topological polar surface area (TPSA) is 112 Å². The van der Waals surface area contributed by atoms with E-state index in [0.717, 1.165) is 4.57 Å². The number of benzene rings is 1. The highest BCUT2D eigenvalue weighted by molar-refractivity contribution is 5.97. The number of likely N-dealkylation sites (tertiary alicyclic amines) is 1. The van der Waals surface area contributed by atoms with Gasteiger partial charge >= 0.3 is 11.7 Å². The normalized spacial score (nSPS) is 20.3. The van der Waals surface area contributed by atoms with E-state index in [0.29, 0.717) is 36.0 Å². The molecule has 2 aromatic rings. The number of H-pyrrole nitrogens is 1. The van der Waals surface area contributed by atoms with Crippen molar-refractivity contribution in [3.63, 3.8) is 0 Å². The Hall–Kier alpha value is -2.90. The molecule has 1 aliphatic rings. The Morgan fingerprint density at radius 2 is 2.04 bits per heavy atom. The Morgan fingerprint density at radius 3 is 2.65 bits per heavy atom. The molecule has 2 atom stereocenters. The van der Waals surface area contributed by atoms with Crippen LogP contribution in [0.3, 0.4) is 0 Å². The summed E-state index contributed by atoms with van der Waals surface area (Å²) in [5.74, 6) is -1.65. The quantitative estimate of drug-likeness (QED) is 0.845. The number of aliphatic carboxylic acids is 1. The molecule has 26 heavy (non-hydrogen) atoms. The number of carbonyl (C=O) groups is 2. The van der Waals surface area contributed by atoms with Gasteiger partial charge in [0, 0.05) is 25.2 Å². The Balaban J connectivity index is 1.91. The number of rotatable bonds is 3. The van der Waals surface area contributed by atoms with Crippen molar-refractivity contribution in [2.75, 3.05) is 13.1 Å². The van der Waals surface area contributed by atoms with Gasteiger partial charge in [-0.05, 0) is 37.5 Å². The number of carboxylic acids is 1. The van der Waals surface area contributed by atoms with Crippen LogP contribution in [-0.2, 0) is 11.3 Å². The van der Waals surface area contributed by atoms with Gasteiger partial charge < -0.3 is 15.0 Å². The number of piperidine rings is 1. The van der Waals surface area contributed by atoms with Gasteiger partial charge in [0.15, 0.2) is 0 Å². The lowest BCUT2D eigenvalue weighted by atomic mass is 9.87. The first-order valence-corrected chi connectivity index (χ1v) is 8.62. The van der Waals surface area contributed by atoms with E-state index in [1.165, 1.54) is 6.07 Å². The van der Waals surface area contributed by atoms with Gasteiger partial charge in [0.2, 0.25) is 0 Å². The van der Waals surface area contributed by atoms with E-state index >= 15 is 0 Å². The van der Waals surface area contributed by atoms with Crippen LogP contribution in [-0.4, -0.2) is 44.5 Å². The Kier molecular flexibility index (Phi) is 4.67. The molecule has 0 bridgehead atoms. The fraction of sp³-hybridized carbons (Fsp3) is 0.444. The predicted octanol–water partition coefficient (Wildman–Crippen LogP) is 0.892. The summed E-state index contributed by atoms with van der Waals surface area (Å²) < 4.78 is 1.10. The number of hydrogen-bond donors (Lipinski definition) is 2. The lowest BCUT2D eigenvalue weighted by Gasteiger charge is -2.35. The summed E-state index contributed by atoms with van der Waals surface area (Å²) in [4.78, 5) is 52.5. The van der Waals surface area contributed by atoms with E-state index in [1.54, 1.807) is 24.0 Å². The Labute approximate surface area is 149 Å². The number of hydrogen-bond acceptors (Lipinski definition) is 4. The third kappa shape index (κ3) is 3.02. The lowest BCUT2D eigenvalue weighted by molar-refractivity contribution is -0.145. The van der Waals surface area contributed by atoms with Crippen LogP contribution in [0.2, 0.25) is 0 Å². The molecule has 1 aromatic heterocycles. The number of carbonyl (C=O) groups excluding carboxylic acids is 1. The van der Waals surface area contributed by atoms with E-state index < -0.39 is 17.6 Å². The van der Waals surface area contributed by atoms with E-state index in [2.05, 4.69) is 4.98 Å². The molecule has 0 spiro atoms. The predicted molar refractivity (Wildman–Crippen MR) is 95.3 cm³/mol. The molecule has 1 amide bonds. The standard InChI is InChI=1S/C18H21N3O5/c1-3-21-16(23)13-5-4-11(8-14(13)19-18(21)26)15(22)20-7-6-12(17(24)25)10(2)9-20/h4-5,8,10,12H,3,6-7,9H2,1-2H3,(H,19,26)(H,24,25). The van der Waals surface area contributed by atoms with Crippen LogP contribution in [0, 0.1) is 11.8 Å². The minimum absolute atomic E-state index is 0.137. The highest BCUT2D eigenvalue weighted by atomic mass is 16.4. The number of aromatic amines is 1. The molecule has 0 saturated carbocycles. The molecule has 2 heterocycles. The molecule has 8 heteroatoms. The Bertz CT molecular complexity index is 990. The maximum atomic E-state index is 12.8. The zero-order valence-electron chi connectivity index (χ0n) is 14.7. The number of carboxylic acid groups (broad SMARTS) is 1. The van der Waals surface area contributed by atoms with Crippen molar-refractivity contribution in [2.24, 2.45) is 11.8 Å². The number of fused-ring (bicyclic) bond motifs is 1. The highest BCUT2D eigenvalue weighted by Gasteiger charge is 2.33. The second kappa shape index (κ2) is 6.78. The van der Waals surface area contributed by atoms with Crippen LogP contribution >= 0.6 is 0 Å². The third-order valence-corrected chi connectivity index (χ3v) is 5.05. The van der Waals surface area contributed by atoms with Gasteiger partial charge in [-0.25, -0.2) is 4.79 Å². The molecule has 0 radical (unpaired) electrons. The molecule has 1 aromatic carbocycles. The first-order chi connectivity index (χ1) is 12.3. The number of nitrogens with zero attached hydrogens (tertiary/aromatic N) is 2. The first kappa shape index (κ1) is 17.9. The number of aromatic nitrogens is 2. The van der Waals surface area contributed by atoms with Crippen LogP contribution in [0.25, 0.3) is 10.9 Å². The van der Waals surface area contributed by atoms with Crippen LogP contribution in [0.5, 0.6) is 0 Å². The molecule has 1 fully saturated rings. The Morgan fingerprint density at radius 1 is 1.31 bits per heavy atom. The van der Waals surface area contributed by atoms with E-state index in [4.69, 9.17) is 0 Å². The largest absolute Gasteiger partial charge is 0.481 e. The summed E-state index contributed by atoms with van der Waals surface area (Å²) in [7, 11) is 0. The zero-order chi connectivity index (χ0) is 19.0. The van der Waals surface area contributed by atoms with Crippen molar-refractivity contribution in [2.45, 2.75) is 26.8 Å². The second-order valence-corrected chi connectivity index (χ2v) is 6.70. The molecular weight excluding hydrogens is 338 g/mol. The number of nitrogens with one attached hydrogen (secondary N) is 1. The molecule has 3 rings (SSSR count). The van der Waals surface area contributed by atoms with Crippen molar-refractivity contribution >= 4 is 22.8 Å². The van der Waals surface area contributed by atoms with E-state index in [1.807, 2.05) is 6.92 Å². The van der Waals surface area contributed by atoms with Gasteiger partial charge in [0.05, 0.1) is 16.8 Å². The molecule has 8 nitrogen and oxygen atoms in total. The molecular formula is C18H21N3O5. The summed E-state index contributed by atoms with van der Waals surface area (Å²) in [6.07, 6.45) is 0.411. The molecule has 1 saturated heterocycles. The van der Waals surface area contributed by atoms with Crippen LogP contribution in [0.15, 0.2) is 27.8 Å². The van der Waals surface area contributed by atoms with Crippen LogP contribution < -0.4 is 11.2 Å². The fourth-order valence-electron chi connectivity index (χ4n) is 3.55. The molecule has 138 valence electrons. The van der Waals surface area contributed by atoms with E-state index in [9.17, 15) is 24.3 Å².